The fourth-order valence-corrected chi connectivity index (χ4v) is 2.85. The van der Waals surface area contributed by atoms with Gasteiger partial charge in [-0.25, -0.2) is 0 Å². The van der Waals surface area contributed by atoms with Crippen molar-refractivity contribution in [2.24, 2.45) is 0 Å². The zero-order chi connectivity index (χ0) is 20.6. The molecule has 0 atom stereocenters. The first-order valence-electron chi connectivity index (χ1n) is 9.56. The van der Waals surface area contributed by atoms with Gasteiger partial charge in [0.25, 0.3) is 11.8 Å². The Labute approximate surface area is 170 Å². The van der Waals surface area contributed by atoms with Gasteiger partial charge < -0.3 is 15.0 Å². The smallest absolute Gasteiger partial charge is 0.259 e. The lowest BCUT2D eigenvalue weighted by Crippen LogP contribution is -2.26. The Morgan fingerprint density at radius 2 is 1.55 bits per heavy atom. The van der Waals surface area contributed by atoms with Crippen LogP contribution in [0, 0.1) is 0 Å². The number of nitrogens with one attached hydrogen (secondary N) is 1. The van der Waals surface area contributed by atoms with Crippen molar-refractivity contribution in [3.05, 3.63) is 90.0 Å². The molecular weight excluding hydrogens is 364 g/mol. The zero-order valence-corrected chi connectivity index (χ0v) is 16.6. The molecule has 148 valence electrons. The number of rotatable bonds is 7. The first kappa shape index (κ1) is 20.1. The van der Waals surface area contributed by atoms with Crippen molar-refractivity contribution in [1.29, 1.82) is 0 Å². The maximum absolute atomic E-state index is 12.7. The van der Waals surface area contributed by atoms with Crippen molar-refractivity contribution in [1.82, 2.24) is 0 Å². The summed E-state index contributed by atoms with van der Waals surface area (Å²) in [6, 6.07) is 23.4. The fraction of sp³-hybridized carbons (Fsp3) is 0.167. The molecule has 1 N–H and O–H groups in total. The van der Waals surface area contributed by atoms with Crippen LogP contribution in [0.2, 0.25) is 0 Å². The number of hydrogen-bond donors (Lipinski definition) is 1. The highest BCUT2D eigenvalue weighted by Gasteiger charge is 2.15. The summed E-state index contributed by atoms with van der Waals surface area (Å²) in [7, 11) is 1.74. The Hall–Kier alpha value is -3.60. The van der Waals surface area contributed by atoms with Gasteiger partial charge in [-0.15, -0.1) is 0 Å². The molecule has 0 bridgehead atoms. The van der Waals surface area contributed by atoms with Crippen molar-refractivity contribution >= 4 is 23.2 Å². The van der Waals surface area contributed by atoms with E-state index in [1.807, 2.05) is 43.3 Å². The molecule has 0 aliphatic carbocycles. The lowest BCUT2D eigenvalue weighted by atomic mass is 10.1. The number of hydrogen-bond acceptors (Lipinski definition) is 3. The largest absolute Gasteiger partial charge is 0.493 e. The summed E-state index contributed by atoms with van der Waals surface area (Å²) in [5.41, 5.74) is 2.45. The average Bonchev–Trinajstić information content (AvgIpc) is 2.78. The molecule has 0 aromatic heterocycles. The van der Waals surface area contributed by atoms with Crippen LogP contribution in [0.5, 0.6) is 5.75 Å². The predicted octanol–water partition coefficient (Wildman–Crippen LogP) is 5.00. The minimum absolute atomic E-state index is 0.118. The van der Waals surface area contributed by atoms with Crippen LogP contribution < -0.4 is 15.0 Å². The van der Waals surface area contributed by atoms with Gasteiger partial charge in [0.2, 0.25) is 0 Å². The van der Waals surface area contributed by atoms with Crippen molar-refractivity contribution in [2.75, 3.05) is 23.9 Å². The molecular formula is C24H24N2O3. The highest BCUT2D eigenvalue weighted by Crippen LogP contribution is 2.21. The summed E-state index contributed by atoms with van der Waals surface area (Å²) in [5, 5.41) is 2.86. The fourth-order valence-electron chi connectivity index (χ4n) is 2.85. The quantitative estimate of drug-likeness (QED) is 0.619. The Morgan fingerprint density at radius 3 is 2.24 bits per heavy atom. The molecule has 0 aliphatic heterocycles. The van der Waals surface area contributed by atoms with E-state index in [-0.39, 0.29) is 11.8 Å². The van der Waals surface area contributed by atoms with Gasteiger partial charge >= 0.3 is 0 Å². The first-order chi connectivity index (χ1) is 14.1. The topological polar surface area (TPSA) is 58.6 Å². The van der Waals surface area contributed by atoms with E-state index in [1.54, 1.807) is 54.4 Å². The molecule has 0 fully saturated rings. The number of carbonyl (C=O) groups excluding carboxylic acids is 2. The summed E-state index contributed by atoms with van der Waals surface area (Å²) >= 11 is 0. The predicted molar refractivity (Wildman–Crippen MR) is 116 cm³/mol. The molecule has 0 spiro atoms. The van der Waals surface area contributed by atoms with Crippen molar-refractivity contribution in [2.45, 2.75) is 13.3 Å². The van der Waals surface area contributed by atoms with Gasteiger partial charge in [0.05, 0.1) is 12.2 Å². The van der Waals surface area contributed by atoms with Gasteiger partial charge in [-0.05, 0) is 55.0 Å². The highest BCUT2D eigenvalue weighted by atomic mass is 16.5. The van der Waals surface area contributed by atoms with Crippen LogP contribution >= 0.6 is 0 Å². The van der Waals surface area contributed by atoms with Gasteiger partial charge in [0.1, 0.15) is 5.75 Å². The molecule has 0 unspecified atom stereocenters. The molecule has 29 heavy (non-hydrogen) atoms. The second kappa shape index (κ2) is 9.55. The summed E-state index contributed by atoms with van der Waals surface area (Å²) in [6.45, 7) is 2.57. The molecule has 2 amide bonds. The van der Waals surface area contributed by atoms with E-state index in [9.17, 15) is 9.59 Å². The van der Waals surface area contributed by atoms with Gasteiger partial charge in [0.15, 0.2) is 0 Å². The van der Waals surface area contributed by atoms with E-state index in [1.165, 1.54) is 0 Å². The van der Waals surface area contributed by atoms with Gasteiger partial charge in [0, 0.05) is 24.0 Å². The molecule has 5 nitrogen and oxygen atoms in total. The van der Waals surface area contributed by atoms with Crippen molar-refractivity contribution in [3.63, 3.8) is 0 Å². The number of nitrogens with zero attached hydrogens (tertiary/aromatic N) is 1. The van der Waals surface area contributed by atoms with E-state index >= 15 is 0 Å². The number of carbonyl (C=O) groups is 2. The van der Waals surface area contributed by atoms with Crippen LogP contribution in [-0.4, -0.2) is 25.5 Å². The molecule has 3 aromatic carbocycles. The molecule has 3 aromatic rings. The SMILES string of the molecule is CCCOc1ccccc1C(=O)Nc1ccc(C(=O)N(C)c2ccccc2)cc1. The Kier molecular flexibility index (Phi) is 6.63. The van der Waals surface area contributed by atoms with Crippen molar-refractivity contribution in [3.8, 4) is 5.75 Å². The molecule has 0 saturated carbocycles. The van der Waals surface area contributed by atoms with Crippen LogP contribution in [0.25, 0.3) is 0 Å². The van der Waals surface area contributed by atoms with Gasteiger partial charge in [-0.3, -0.25) is 9.59 Å². The lowest BCUT2D eigenvalue weighted by Gasteiger charge is -2.17. The molecule has 0 saturated heterocycles. The standard InChI is InChI=1S/C24H24N2O3/c1-3-17-29-22-12-8-7-11-21(22)23(27)25-19-15-13-18(14-16-19)24(28)26(2)20-9-5-4-6-10-20/h4-16H,3,17H2,1-2H3,(H,25,27). The highest BCUT2D eigenvalue weighted by molar-refractivity contribution is 6.08. The van der Waals surface area contributed by atoms with Crippen LogP contribution in [-0.2, 0) is 0 Å². The Morgan fingerprint density at radius 1 is 0.897 bits per heavy atom. The number of para-hydroxylation sites is 2. The summed E-state index contributed by atoms with van der Waals surface area (Å²) in [6.07, 6.45) is 0.864. The second-order valence-electron chi connectivity index (χ2n) is 6.58. The maximum atomic E-state index is 12.7. The van der Waals surface area contributed by atoms with E-state index in [0.29, 0.717) is 29.2 Å². The Balaban J connectivity index is 1.69. The normalized spacial score (nSPS) is 10.3. The first-order valence-corrected chi connectivity index (χ1v) is 9.56. The summed E-state index contributed by atoms with van der Waals surface area (Å²) < 4.78 is 5.65. The zero-order valence-electron chi connectivity index (χ0n) is 16.6. The van der Waals surface area contributed by atoms with Crippen LogP contribution in [0.15, 0.2) is 78.9 Å². The summed E-state index contributed by atoms with van der Waals surface area (Å²) in [5.74, 6) is 0.188. The number of benzene rings is 3. The third kappa shape index (κ3) is 5.02. The molecule has 5 heteroatoms. The van der Waals surface area contributed by atoms with Crippen LogP contribution in [0.1, 0.15) is 34.1 Å². The lowest BCUT2D eigenvalue weighted by molar-refractivity contribution is 0.0991. The molecule has 0 radical (unpaired) electrons. The average molecular weight is 388 g/mol. The third-order valence-corrected chi connectivity index (χ3v) is 4.43. The monoisotopic (exact) mass is 388 g/mol. The van der Waals surface area contributed by atoms with E-state index in [0.717, 1.165) is 12.1 Å². The molecule has 0 aliphatic rings. The molecule has 3 rings (SSSR count). The minimum atomic E-state index is -0.253. The minimum Gasteiger partial charge on any atom is -0.493 e. The van der Waals surface area contributed by atoms with Crippen LogP contribution in [0.4, 0.5) is 11.4 Å². The third-order valence-electron chi connectivity index (χ3n) is 4.43. The van der Waals surface area contributed by atoms with Gasteiger partial charge in [-0.2, -0.15) is 0 Å². The number of ether oxygens (including phenoxy) is 1. The number of amides is 2. The van der Waals surface area contributed by atoms with E-state index in [2.05, 4.69) is 5.32 Å². The Bertz CT molecular complexity index is 969. The van der Waals surface area contributed by atoms with E-state index in [4.69, 9.17) is 4.74 Å². The maximum Gasteiger partial charge on any atom is 0.259 e. The van der Waals surface area contributed by atoms with Crippen molar-refractivity contribution < 1.29 is 14.3 Å². The number of anilines is 2. The van der Waals surface area contributed by atoms with Crippen LogP contribution in [0.3, 0.4) is 0 Å². The summed E-state index contributed by atoms with van der Waals surface area (Å²) in [4.78, 5) is 26.9. The van der Waals surface area contributed by atoms with E-state index < -0.39 is 0 Å². The second-order valence-corrected chi connectivity index (χ2v) is 6.58. The molecule has 0 heterocycles. The van der Waals surface area contributed by atoms with Gasteiger partial charge in [-0.1, -0.05) is 37.3 Å².